The second kappa shape index (κ2) is 6.04. The van der Waals surface area contributed by atoms with Crippen molar-refractivity contribution in [3.63, 3.8) is 0 Å². The van der Waals surface area contributed by atoms with Crippen molar-refractivity contribution in [2.45, 2.75) is 31.7 Å². The van der Waals surface area contributed by atoms with Crippen molar-refractivity contribution >= 4 is 5.91 Å². The number of aromatic amines is 2. The van der Waals surface area contributed by atoms with Crippen LogP contribution in [-0.4, -0.2) is 32.1 Å². The van der Waals surface area contributed by atoms with E-state index in [1.54, 1.807) is 6.07 Å². The Morgan fingerprint density at radius 3 is 2.88 bits per heavy atom. The Bertz CT molecular complexity index is 964. The summed E-state index contributed by atoms with van der Waals surface area (Å²) in [5.41, 5.74) is 1.60. The second-order valence-corrected chi connectivity index (χ2v) is 6.25. The minimum Gasteiger partial charge on any atom is -0.460 e. The molecule has 128 valence electrons. The molecule has 0 aromatic carbocycles. The van der Waals surface area contributed by atoms with Crippen LogP contribution < -0.4 is 10.9 Å². The molecular weight excluding hydrogens is 322 g/mol. The third-order valence-corrected chi connectivity index (χ3v) is 4.41. The van der Waals surface area contributed by atoms with E-state index in [4.69, 9.17) is 4.42 Å². The minimum absolute atomic E-state index is 0.0598. The number of aryl methyl sites for hydroxylation is 1. The van der Waals surface area contributed by atoms with E-state index in [1.165, 1.54) is 12.4 Å². The number of nitrogens with one attached hydrogen (secondary N) is 3. The van der Waals surface area contributed by atoms with Crippen molar-refractivity contribution in [1.29, 1.82) is 0 Å². The lowest BCUT2D eigenvalue weighted by atomic mass is 9.78. The molecule has 0 saturated heterocycles. The van der Waals surface area contributed by atoms with Gasteiger partial charge in [0.15, 0.2) is 11.5 Å². The highest BCUT2D eigenvalue weighted by molar-refractivity contribution is 5.93. The Morgan fingerprint density at radius 2 is 2.16 bits per heavy atom. The summed E-state index contributed by atoms with van der Waals surface area (Å²) in [6, 6.07) is 6.92. The van der Waals surface area contributed by atoms with Gasteiger partial charge in [-0.3, -0.25) is 14.7 Å². The van der Waals surface area contributed by atoms with Gasteiger partial charge in [-0.15, -0.1) is 0 Å². The van der Waals surface area contributed by atoms with Gasteiger partial charge in [-0.1, -0.05) is 0 Å². The van der Waals surface area contributed by atoms with Gasteiger partial charge >= 0.3 is 0 Å². The molecule has 0 unspecified atom stereocenters. The average molecular weight is 339 g/mol. The minimum atomic E-state index is -0.229. The first kappa shape index (κ1) is 15.4. The molecule has 3 aromatic rings. The number of carbonyl (C=O) groups is 1. The second-order valence-electron chi connectivity index (χ2n) is 6.25. The molecule has 1 amide bonds. The van der Waals surface area contributed by atoms with Gasteiger partial charge in [0, 0.05) is 24.1 Å². The molecule has 3 N–H and O–H groups in total. The number of carbonyl (C=O) groups excluding carboxylic acids is 1. The third kappa shape index (κ3) is 3.10. The molecule has 25 heavy (non-hydrogen) atoms. The Labute approximate surface area is 142 Å². The summed E-state index contributed by atoms with van der Waals surface area (Å²) in [6.45, 7) is 1.86. The number of furan rings is 1. The van der Waals surface area contributed by atoms with Gasteiger partial charge in [-0.05, 0) is 31.9 Å². The number of H-pyrrole nitrogens is 2. The van der Waals surface area contributed by atoms with Gasteiger partial charge in [-0.2, -0.15) is 5.10 Å². The maximum atomic E-state index is 12.3. The predicted octanol–water partition coefficient (Wildman–Crippen LogP) is 1.74. The Hall–Kier alpha value is -3.16. The van der Waals surface area contributed by atoms with Gasteiger partial charge < -0.3 is 14.7 Å². The summed E-state index contributed by atoms with van der Waals surface area (Å²) < 4.78 is 5.51. The lowest BCUT2D eigenvalue weighted by molar-refractivity contribution is 0.0903. The Morgan fingerprint density at radius 1 is 1.32 bits per heavy atom. The number of amides is 1. The highest BCUT2D eigenvalue weighted by Crippen LogP contribution is 2.35. The first-order valence-corrected chi connectivity index (χ1v) is 8.06. The van der Waals surface area contributed by atoms with Gasteiger partial charge in [0.1, 0.15) is 11.5 Å². The largest absolute Gasteiger partial charge is 0.460 e. The van der Waals surface area contributed by atoms with Crippen LogP contribution in [0.3, 0.4) is 0 Å². The average Bonchev–Trinajstić information content (AvgIpc) is 3.19. The molecule has 1 aliphatic carbocycles. The van der Waals surface area contributed by atoms with Crippen molar-refractivity contribution in [2.75, 3.05) is 0 Å². The van der Waals surface area contributed by atoms with E-state index in [2.05, 4.69) is 25.5 Å². The van der Waals surface area contributed by atoms with Crippen LogP contribution in [0.2, 0.25) is 0 Å². The molecule has 3 aromatic heterocycles. The first-order chi connectivity index (χ1) is 12.1. The molecule has 0 atom stereocenters. The number of aromatic nitrogens is 4. The smallest absolute Gasteiger partial charge is 0.272 e. The van der Waals surface area contributed by atoms with Crippen LogP contribution in [0.1, 0.15) is 40.7 Å². The fourth-order valence-corrected chi connectivity index (χ4v) is 2.99. The maximum absolute atomic E-state index is 12.3. The molecular formula is C17H17N5O3. The normalized spacial score (nSPS) is 19.4. The molecule has 0 aliphatic heterocycles. The molecule has 1 fully saturated rings. The zero-order valence-electron chi connectivity index (χ0n) is 13.6. The van der Waals surface area contributed by atoms with Gasteiger partial charge in [0.25, 0.3) is 11.5 Å². The van der Waals surface area contributed by atoms with Crippen molar-refractivity contribution in [3.8, 4) is 11.5 Å². The predicted molar refractivity (Wildman–Crippen MR) is 89.1 cm³/mol. The molecule has 1 saturated carbocycles. The Balaban J connectivity index is 1.36. The van der Waals surface area contributed by atoms with E-state index < -0.39 is 0 Å². The summed E-state index contributed by atoms with van der Waals surface area (Å²) in [5, 5.41) is 9.81. The lowest BCUT2D eigenvalue weighted by Gasteiger charge is -2.35. The summed E-state index contributed by atoms with van der Waals surface area (Å²) in [7, 11) is 0. The molecule has 0 spiro atoms. The SMILES string of the molecule is Cc1ccc(-c2cc(C(=O)NC3CC(c4cc(=O)[nH]cn4)C3)n[nH]2)o1. The van der Waals surface area contributed by atoms with Crippen molar-refractivity contribution in [3.05, 3.63) is 58.1 Å². The van der Waals surface area contributed by atoms with Crippen LogP contribution in [0.25, 0.3) is 11.5 Å². The van der Waals surface area contributed by atoms with Crippen LogP contribution >= 0.6 is 0 Å². The van der Waals surface area contributed by atoms with E-state index in [-0.39, 0.29) is 23.4 Å². The van der Waals surface area contributed by atoms with Crippen molar-refractivity contribution < 1.29 is 9.21 Å². The zero-order chi connectivity index (χ0) is 17.4. The highest BCUT2D eigenvalue weighted by atomic mass is 16.3. The topological polar surface area (TPSA) is 117 Å². The zero-order valence-corrected chi connectivity index (χ0v) is 13.6. The molecule has 8 nitrogen and oxygen atoms in total. The van der Waals surface area contributed by atoms with Crippen LogP contribution in [-0.2, 0) is 0 Å². The molecule has 4 rings (SSSR count). The van der Waals surface area contributed by atoms with Crippen LogP contribution in [0.4, 0.5) is 0 Å². The van der Waals surface area contributed by atoms with Crippen LogP contribution in [0.15, 0.2) is 39.8 Å². The number of rotatable bonds is 4. The van der Waals surface area contributed by atoms with Crippen LogP contribution in [0.5, 0.6) is 0 Å². The number of hydrogen-bond acceptors (Lipinski definition) is 5. The number of hydrogen-bond donors (Lipinski definition) is 3. The van der Waals surface area contributed by atoms with Gasteiger partial charge in [-0.25, -0.2) is 4.98 Å². The Kier molecular flexibility index (Phi) is 3.72. The highest BCUT2D eigenvalue weighted by Gasteiger charge is 2.33. The summed E-state index contributed by atoms with van der Waals surface area (Å²) in [5.74, 6) is 1.42. The van der Waals surface area contributed by atoms with Crippen molar-refractivity contribution in [2.24, 2.45) is 0 Å². The third-order valence-electron chi connectivity index (χ3n) is 4.41. The van der Waals surface area contributed by atoms with E-state index in [0.717, 1.165) is 24.3 Å². The molecule has 3 heterocycles. The molecule has 0 radical (unpaired) electrons. The molecule has 8 heteroatoms. The number of nitrogens with zero attached hydrogens (tertiary/aromatic N) is 2. The van der Waals surface area contributed by atoms with Crippen molar-refractivity contribution in [1.82, 2.24) is 25.5 Å². The molecule has 1 aliphatic rings. The van der Waals surface area contributed by atoms with Crippen LogP contribution in [0, 0.1) is 6.92 Å². The maximum Gasteiger partial charge on any atom is 0.272 e. The van der Waals surface area contributed by atoms with Gasteiger partial charge in [0.2, 0.25) is 0 Å². The summed E-state index contributed by atoms with van der Waals surface area (Å²) >= 11 is 0. The molecule has 0 bridgehead atoms. The summed E-state index contributed by atoms with van der Waals surface area (Å²) in [4.78, 5) is 30.3. The van der Waals surface area contributed by atoms with E-state index >= 15 is 0 Å². The standard InChI is InChI=1S/C17H17N5O3/c1-9-2-3-15(25-9)13-6-14(22-21-13)17(24)20-11-4-10(5-11)12-7-16(23)19-8-18-12/h2-3,6-8,10-11H,4-5H2,1H3,(H,20,24)(H,21,22)(H,18,19,23). The van der Waals surface area contributed by atoms with E-state index in [1.807, 2.05) is 19.1 Å². The quantitative estimate of drug-likeness (QED) is 0.669. The van der Waals surface area contributed by atoms with Gasteiger partial charge in [0.05, 0.1) is 12.0 Å². The fraction of sp³-hybridized carbons (Fsp3) is 0.294. The van der Waals surface area contributed by atoms with E-state index in [0.29, 0.717) is 17.1 Å². The van der Waals surface area contributed by atoms with E-state index in [9.17, 15) is 9.59 Å². The lowest BCUT2D eigenvalue weighted by Crippen LogP contribution is -2.43. The fourth-order valence-electron chi connectivity index (χ4n) is 2.99. The first-order valence-electron chi connectivity index (χ1n) is 8.06. The monoisotopic (exact) mass is 339 g/mol. The summed E-state index contributed by atoms with van der Waals surface area (Å²) in [6.07, 6.45) is 2.93.